The highest BCUT2D eigenvalue weighted by Gasteiger charge is 2.31. The van der Waals surface area contributed by atoms with Gasteiger partial charge < -0.3 is 14.8 Å². The molecule has 10 heteroatoms. The molecule has 1 heterocycles. The second-order valence-corrected chi connectivity index (χ2v) is 7.76. The fraction of sp³-hybridized carbons (Fsp3) is 0.467. The largest absolute Gasteiger partial charge is 0.449 e. The minimum absolute atomic E-state index is 0.00947. The van der Waals surface area contributed by atoms with Crippen molar-refractivity contribution in [3.8, 4) is 5.75 Å². The van der Waals surface area contributed by atoms with Gasteiger partial charge in [0.1, 0.15) is 11.3 Å². The quantitative estimate of drug-likeness (QED) is 0.747. The van der Waals surface area contributed by atoms with E-state index in [9.17, 15) is 26.8 Å². The number of para-hydroxylation sites is 1. The maximum atomic E-state index is 12.4. The third-order valence-corrected chi connectivity index (χ3v) is 5.32. The van der Waals surface area contributed by atoms with Gasteiger partial charge in [0.15, 0.2) is 15.9 Å². The summed E-state index contributed by atoms with van der Waals surface area (Å²) >= 11 is 0. The van der Waals surface area contributed by atoms with Crippen molar-refractivity contribution < 1.29 is 36.3 Å². The number of esters is 1. The highest BCUT2D eigenvalue weighted by molar-refractivity contribution is 7.91. The van der Waals surface area contributed by atoms with E-state index in [1.807, 2.05) is 0 Å². The summed E-state index contributed by atoms with van der Waals surface area (Å²) in [6, 6.07) is 4.72. The zero-order valence-corrected chi connectivity index (χ0v) is 14.1. The molecule has 0 unspecified atom stereocenters. The van der Waals surface area contributed by atoms with Crippen LogP contribution in [0.25, 0.3) is 0 Å². The Morgan fingerprint density at radius 1 is 1.28 bits per heavy atom. The van der Waals surface area contributed by atoms with Crippen molar-refractivity contribution >= 4 is 21.7 Å². The summed E-state index contributed by atoms with van der Waals surface area (Å²) in [4.78, 5) is 24.1. The number of hydrogen-bond donors (Lipinski definition) is 1. The first-order chi connectivity index (χ1) is 11.7. The lowest BCUT2D eigenvalue weighted by molar-refractivity contribution is -0.129. The number of carbonyl (C=O) groups is 2. The number of amides is 1. The molecule has 0 radical (unpaired) electrons. The summed E-state index contributed by atoms with van der Waals surface area (Å²) in [5.74, 6) is -2.20. The fourth-order valence-corrected chi connectivity index (χ4v) is 4.01. The first-order valence-electron chi connectivity index (χ1n) is 7.43. The Labute approximate surface area is 143 Å². The van der Waals surface area contributed by atoms with Gasteiger partial charge in [-0.25, -0.2) is 13.2 Å². The zero-order chi connectivity index (χ0) is 18.6. The monoisotopic (exact) mass is 377 g/mol. The average Bonchev–Trinajstić information content (AvgIpc) is 2.85. The van der Waals surface area contributed by atoms with Gasteiger partial charge in [-0.2, -0.15) is 8.78 Å². The molecule has 0 bridgehead atoms. The van der Waals surface area contributed by atoms with E-state index >= 15 is 0 Å². The number of hydrogen-bond acceptors (Lipinski definition) is 6. The van der Waals surface area contributed by atoms with E-state index in [0.717, 1.165) is 0 Å². The van der Waals surface area contributed by atoms with Gasteiger partial charge in [0, 0.05) is 6.04 Å². The number of alkyl halides is 2. The third-order valence-electron chi connectivity index (χ3n) is 3.55. The second kappa shape index (κ2) is 7.77. The summed E-state index contributed by atoms with van der Waals surface area (Å²) in [5, 5.41) is 2.49. The van der Waals surface area contributed by atoms with Crippen molar-refractivity contribution in [1.82, 2.24) is 5.32 Å². The van der Waals surface area contributed by atoms with Crippen LogP contribution >= 0.6 is 0 Å². The third kappa shape index (κ3) is 5.38. The molecule has 2 rings (SSSR count). The topological polar surface area (TPSA) is 98.8 Å². The Morgan fingerprint density at radius 2 is 1.96 bits per heavy atom. The van der Waals surface area contributed by atoms with Crippen LogP contribution in [0.5, 0.6) is 5.75 Å². The van der Waals surface area contributed by atoms with Gasteiger partial charge in [0.25, 0.3) is 5.91 Å². The first-order valence-corrected chi connectivity index (χ1v) is 9.25. The van der Waals surface area contributed by atoms with E-state index < -0.39 is 40.5 Å². The normalized spacial score (nSPS) is 20.1. The highest BCUT2D eigenvalue weighted by atomic mass is 32.2. The molecule has 1 N–H and O–H groups in total. The Bertz CT molecular complexity index is 752. The van der Waals surface area contributed by atoms with Crippen LogP contribution in [-0.2, 0) is 19.4 Å². The molecule has 0 saturated carbocycles. The van der Waals surface area contributed by atoms with Gasteiger partial charge >= 0.3 is 12.6 Å². The van der Waals surface area contributed by atoms with Gasteiger partial charge in [-0.3, -0.25) is 4.79 Å². The van der Waals surface area contributed by atoms with E-state index in [1.165, 1.54) is 31.2 Å². The van der Waals surface area contributed by atoms with Crippen molar-refractivity contribution in [2.45, 2.75) is 32.1 Å². The summed E-state index contributed by atoms with van der Waals surface area (Å²) in [5.41, 5.74) is -0.245. The summed E-state index contributed by atoms with van der Waals surface area (Å²) in [7, 11) is -3.16. The SMILES string of the molecule is C[C@H](OC(=O)c1ccccc1OC(F)F)C(=O)N[C@@H]1CCS(=O)(=O)C1. The van der Waals surface area contributed by atoms with Crippen molar-refractivity contribution in [2.75, 3.05) is 11.5 Å². The molecule has 0 spiro atoms. The summed E-state index contributed by atoms with van der Waals surface area (Å²) in [6.45, 7) is -1.81. The minimum atomic E-state index is -3.16. The predicted molar refractivity (Wildman–Crippen MR) is 83.2 cm³/mol. The molecular formula is C15H17F2NO6S. The van der Waals surface area contributed by atoms with Gasteiger partial charge in [-0.05, 0) is 25.5 Å². The Kier molecular flexibility index (Phi) is 5.93. The Morgan fingerprint density at radius 3 is 2.56 bits per heavy atom. The smallest absolute Gasteiger partial charge is 0.387 e. The molecule has 0 aromatic heterocycles. The minimum Gasteiger partial charge on any atom is -0.449 e. The lowest BCUT2D eigenvalue weighted by atomic mass is 10.2. The molecule has 138 valence electrons. The maximum absolute atomic E-state index is 12.4. The Hall–Kier alpha value is -2.23. The van der Waals surface area contributed by atoms with Crippen LogP contribution in [0.1, 0.15) is 23.7 Å². The molecule has 1 aromatic carbocycles. The summed E-state index contributed by atoms with van der Waals surface area (Å²) in [6.07, 6.45) is -0.935. The molecule has 1 aliphatic heterocycles. The first kappa shape index (κ1) is 19.1. The highest BCUT2D eigenvalue weighted by Crippen LogP contribution is 2.21. The van der Waals surface area contributed by atoms with Gasteiger partial charge in [0.05, 0.1) is 11.5 Å². The van der Waals surface area contributed by atoms with Crippen LogP contribution in [0, 0.1) is 0 Å². The Balaban J connectivity index is 1.97. The number of sulfone groups is 1. The lowest BCUT2D eigenvalue weighted by Gasteiger charge is -2.17. The molecule has 1 amide bonds. The van der Waals surface area contributed by atoms with Crippen LogP contribution in [0.15, 0.2) is 24.3 Å². The number of ether oxygens (including phenoxy) is 2. The zero-order valence-electron chi connectivity index (χ0n) is 13.3. The molecule has 1 aliphatic rings. The number of rotatable bonds is 6. The van der Waals surface area contributed by atoms with E-state index in [0.29, 0.717) is 6.42 Å². The molecule has 1 aromatic rings. The molecule has 25 heavy (non-hydrogen) atoms. The lowest BCUT2D eigenvalue weighted by Crippen LogP contribution is -2.42. The van der Waals surface area contributed by atoms with Crippen LogP contribution in [0.2, 0.25) is 0 Å². The van der Waals surface area contributed by atoms with E-state index in [-0.39, 0.29) is 22.8 Å². The molecule has 1 saturated heterocycles. The van der Waals surface area contributed by atoms with Crippen LogP contribution < -0.4 is 10.1 Å². The molecule has 0 aliphatic carbocycles. The molecular weight excluding hydrogens is 360 g/mol. The standard InChI is InChI=1S/C15H17F2NO6S/c1-9(13(19)18-10-6-7-25(21,22)8-10)23-14(20)11-4-2-3-5-12(11)24-15(16)17/h2-5,9-10,15H,6-8H2,1H3,(H,18,19)/t9-,10+/m0/s1. The number of carbonyl (C=O) groups excluding carboxylic acids is 2. The number of nitrogens with one attached hydrogen (secondary N) is 1. The van der Waals surface area contributed by atoms with Crippen molar-refractivity contribution in [3.63, 3.8) is 0 Å². The number of halogens is 2. The van der Waals surface area contributed by atoms with Gasteiger partial charge in [-0.1, -0.05) is 12.1 Å². The number of benzene rings is 1. The fourth-order valence-electron chi connectivity index (χ4n) is 2.34. The summed E-state index contributed by atoms with van der Waals surface area (Å²) < 4.78 is 56.6. The van der Waals surface area contributed by atoms with Crippen LogP contribution in [0.4, 0.5) is 8.78 Å². The van der Waals surface area contributed by atoms with Crippen LogP contribution in [0.3, 0.4) is 0 Å². The van der Waals surface area contributed by atoms with E-state index in [4.69, 9.17) is 4.74 Å². The van der Waals surface area contributed by atoms with E-state index in [1.54, 1.807) is 0 Å². The molecule has 1 fully saturated rings. The van der Waals surface area contributed by atoms with Crippen molar-refractivity contribution in [3.05, 3.63) is 29.8 Å². The van der Waals surface area contributed by atoms with Crippen molar-refractivity contribution in [2.24, 2.45) is 0 Å². The maximum Gasteiger partial charge on any atom is 0.387 e. The van der Waals surface area contributed by atoms with Gasteiger partial charge in [-0.15, -0.1) is 0 Å². The molecule has 7 nitrogen and oxygen atoms in total. The second-order valence-electron chi connectivity index (χ2n) is 5.53. The molecule has 2 atom stereocenters. The predicted octanol–water partition coefficient (Wildman–Crippen LogP) is 1.14. The van der Waals surface area contributed by atoms with Gasteiger partial charge in [0.2, 0.25) is 0 Å². The van der Waals surface area contributed by atoms with Crippen molar-refractivity contribution in [1.29, 1.82) is 0 Å². The van der Waals surface area contributed by atoms with Crippen LogP contribution in [-0.4, -0.2) is 50.6 Å². The van der Waals surface area contributed by atoms with E-state index in [2.05, 4.69) is 10.1 Å². The average molecular weight is 377 g/mol.